The molecular weight excluding hydrogens is 482 g/mol. The first-order chi connectivity index (χ1) is 17.5. The smallest absolute Gasteiger partial charge is 0.224 e. The predicted octanol–water partition coefficient (Wildman–Crippen LogP) is 5.82. The molecule has 4 aromatic rings. The lowest BCUT2D eigenvalue weighted by Gasteiger charge is -2.25. The third-order valence-corrected chi connectivity index (χ3v) is 6.96. The third kappa shape index (κ3) is 4.64. The van der Waals surface area contributed by atoms with Gasteiger partial charge in [-0.25, -0.2) is 13.8 Å². The molecule has 1 fully saturated rings. The number of halogens is 3. The molecule has 1 aliphatic heterocycles. The number of anilines is 1. The van der Waals surface area contributed by atoms with Crippen molar-refractivity contribution in [1.29, 1.82) is 5.26 Å². The maximum Gasteiger partial charge on any atom is 0.224 e. The molecule has 1 saturated heterocycles. The van der Waals surface area contributed by atoms with Crippen molar-refractivity contribution in [1.82, 2.24) is 19.9 Å². The van der Waals surface area contributed by atoms with Crippen LogP contribution in [0.25, 0.3) is 22.3 Å². The number of benzene rings is 2. The number of nitrogens with zero attached hydrogens (tertiary/aromatic N) is 4. The van der Waals surface area contributed by atoms with E-state index >= 15 is 0 Å². The zero-order chi connectivity index (χ0) is 25.2. The van der Waals surface area contributed by atoms with E-state index in [0.29, 0.717) is 45.6 Å². The highest BCUT2D eigenvalue weighted by Crippen LogP contribution is 2.39. The van der Waals surface area contributed by atoms with E-state index in [1.54, 1.807) is 6.20 Å². The summed E-state index contributed by atoms with van der Waals surface area (Å²) >= 11 is 6.67. The van der Waals surface area contributed by atoms with E-state index in [2.05, 4.69) is 26.3 Å². The van der Waals surface area contributed by atoms with Gasteiger partial charge in [0, 0.05) is 24.8 Å². The minimum atomic E-state index is -0.904. The molecule has 0 aliphatic carbocycles. The highest BCUT2D eigenvalue weighted by molar-refractivity contribution is 6.33. The van der Waals surface area contributed by atoms with Crippen molar-refractivity contribution in [2.24, 2.45) is 5.92 Å². The fraction of sp³-hybridized carbons (Fsp3) is 0.296. The number of hydrogen-bond acceptors (Lipinski definition) is 5. The second-order valence-corrected chi connectivity index (χ2v) is 9.53. The number of rotatable bonds is 6. The standard InChI is InChI=1S/C27H25ClF2N6/c1-16-4-2-6-21(28)24(16)25-19(11-31)20-14-34-27(33-13-17-7-8-22(29)23(30)10-17)35-26(20)36(25)15-18-5-3-9-32-12-18/h2,4,6-8,10,14,18,32H,3,5,9,12-13,15H2,1H3,(H,33,34,35)/t18-/m1/s1. The zero-order valence-electron chi connectivity index (χ0n) is 19.8. The summed E-state index contributed by atoms with van der Waals surface area (Å²) < 4.78 is 29.0. The summed E-state index contributed by atoms with van der Waals surface area (Å²) in [5.41, 5.74) is 4.20. The van der Waals surface area contributed by atoms with Crippen molar-refractivity contribution in [2.75, 3.05) is 18.4 Å². The van der Waals surface area contributed by atoms with Gasteiger partial charge in [0.15, 0.2) is 11.6 Å². The lowest BCUT2D eigenvalue weighted by atomic mass is 9.98. The van der Waals surface area contributed by atoms with Gasteiger partial charge in [-0.05, 0) is 68.1 Å². The van der Waals surface area contributed by atoms with Gasteiger partial charge in [-0.3, -0.25) is 0 Å². The van der Waals surface area contributed by atoms with E-state index < -0.39 is 11.6 Å². The fourth-order valence-corrected chi connectivity index (χ4v) is 5.17. The highest BCUT2D eigenvalue weighted by Gasteiger charge is 2.26. The number of hydrogen-bond donors (Lipinski definition) is 2. The summed E-state index contributed by atoms with van der Waals surface area (Å²) in [4.78, 5) is 9.18. The van der Waals surface area contributed by atoms with Gasteiger partial charge in [-0.2, -0.15) is 10.2 Å². The van der Waals surface area contributed by atoms with Crippen LogP contribution in [0, 0.1) is 35.8 Å². The minimum Gasteiger partial charge on any atom is -0.350 e. The van der Waals surface area contributed by atoms with Crippen LogP contribution in [0.1, 0.15) is 29.5 Å². The number of aryl methyl sites for hydroxylation is 1. The van der Waals surface area contributed by atoms with Crippen LogP contribution in [0.2, 0.25) is 5.02 Å². The lowest BCUT2D eigenvalue weighted by molar-refractivity contribution is 0.341. The van der Waals surface area contributed by atoms with Crippen molar-refractivity contribution in [3.63, 3.8) is 0 Å². The van der Waals surface area contributed by atoms with Gasteiger partial charge in [0.1, 0.15) is 11.7 Å². The maximum atomic E-state index is 13.6. The van der Waals surface area contributed by atoms with Crippen LogP contribution in [0.3, 0.4) is 0 Å². The zero-order valence-corrected chi connectivity index (χ0v) is 20.5. The first-order valence-corrected chi connectivity index (χ1v) is 12.3. The van der Waals surface area contributed by atoms with Crippen LogP contribution in [0.15, 0.2) is 42.6 Å². The number of nitriles is 1. The molecule has 0 bridgehead atoms. The van der Waals surface area contributed by atoms with Gasteiger partial charge in [-0.1, -0.05) is 29.8 Å². The Hall–Kier alpha value is -3.54. The molecule has 0 unspecified atom stereocenters. The molecule has 3 heterocycles. The van der Waals surface area contributed by atoms with Crippen molar-refractivity contribution in [3.8, 4) is 17.3 Å². The largest absolute Gasteiger partial charge is 0.350 e. The van der Waals surface area contributed by atoms with Crippen molar-refractivity contribution in [3.05, 3.63) is 75.9 Å². The van der Waals surface area contributed by atoms with Crippen LogP contribution in [0.4, 0.5) is 14.7 Å². The van der Waals surface area contributed by atoms with E-state index in [1.807, 2.05) is 25.1 Å². The Morgan fingerprint density at radius 2 is 2.11 bits per heavy atom. The first-order valence-electron chi connectivity index (χ1n) is 11.9. The summed E-state index contributed by atoms with van der Waals surface area (Å²) in [6, 6.07) is 11.8. The molecule has 184 valence electrons. The van der Waals surface area contributed by atoms with Gasteiger partial charge in [-0.15, -0.1) is 0 Å². The Kier molecular flexibility index (Phi) is 6.86. The molecule has 0 amide bonds. The molecule has 0 spiro atoms. The molecule has 0 saturated carbocycles. The Morgan fingerprint density at radius 3 is 2.83 bits per heavy atom. The van der Waals surface area contributed by atoms with Crippen molar-refractivity contribution < 1.29 is 8.78 Å². The van der Waals surface area contributed by atoms with Gasteiger partial charge < -0.3 is 15.2 Å². The molecule has 0 radical (unpaired) electrons. The molecule has 2 aromatic heterocycles. The molecule has 1 atom stereocenters. The second kappa shape index (κ2) is 10.2. The average molecular weight is 507 g/mol. The SMILES string of the molecule is Cc1cccc(Cl)c1-c1c(C#N)c2cnc(NCc3ccc(F)c(F)c3)nc2n1C[C@@H]1CCCNC1. The van der Waals surface area contributed by atoms with Crippen LogP contribution in [-0.4, -0.2) is 27.6 Å². The van der Waals surface area contributed by atoms with E-state index in [-0.39, 0.29) is 6.54 Å². The van der Waals surface area contributed by atoms with Gasteiger partial charge in [0.25, 0.3) is 0 Å². The quantitative estimate of drug-likeness (QED) is 0.344. The summed E-state index contributed by atoms with van der Waals surface area (Å²) in [5.74, 6) is -1.09. The van der Waals surface area contributed by atoms with E-state index in [1.165, 1.54) is 6.07 Å². The summed E-state index contributed by atoms with van der Waals surface area (Å²) in [7, 11) is 0. The Balaban J connectivity index is 1.61. The Labute approximate surface area is 212 Å². The lowest BCUT2D eigenvalue weighted by Crippen LogP contribution is -2.32. The van der Waals surface area contributed by atoms with Crippen LogP contribution in [-0.2, 0) is 13.1 Å². The first kappa shape index (κ1) is 24.2. The molecule has 9 heteroatoms. The Morgan fingerprint density at radius 1 is 1.25 bits per heavy atom. The minimum absolute atomic E-state index is 0.220. The third-order valence-electron chi connectivity index (χ3n) is 6.65. The molecule has 1 aliphatic rings. The van der Waals surface area contributed by atoms with E-state index in [0.717, 1.165) is 54.9 Å². The highest BCUT2D eigenvalue weighted by atomic mass is 35.5. The predicted molar refractivity (Wildman–Crippen MR) is 137 cm³/mol. The molecule has 2 aromatic carbocycles. The molecular formula is C27H25ClF2N6. The second-order valence-electron chi connectivity index (χ2n) is 9.12. The Bertz CT molecular complexity index is 1450. The summed E-state index contributed by atoms with van der Waals surface area (Å²) in [6.07, 6.45) is 3.80. The van der Waals surface area contributed by atoms with Crippen molar-refractivity contribution >= 4 is 28.6 Å². The van der Waals surface area contributed by atoms with Crippen LogP contribution >= 0.6 is 11.6 Å². The normalized spacial score (nSPS) is 15.7. The summed E-state index contributed by atoms with van der Waals surface area (Å²) in [5, 5.41) is 18.0. The van der Waals surface area contributed by atoms with Gasteiger partial charge in [0.2, 0.25) is 5.95 Å². The number of fused-ring (bicyclic) bond motifs is 1. The number of aromatic nitrogens is 3. The number of piperidine rings is 1. The number of nitrogens with one attached hydrogen (secondary N) is 2. The van der Waals surface area contributed by atoms with Crippen LogP contribution < -0.4 is 10.6 Å². The van der Waals surface area contributed by atoms with Crippen LogP contribution in [0.5, 0.6) is 0 Å². The van der Waals surface area contributed by atoms with E-state index in [9.17, 15) is 14.0 Å². The molecule has 36 heavy (non-hydrogen) atoms. The molecule has 2 N–H and O–H groups in total. The van der Waals surface area contributed by atoms with Crippen molar-refractivity contribution in [2.45, 2.75) is 32.9 Å². The average Bonchev–Trinajstić information content (AvgIpc) is 3.17. The fourth-order valence-electron chi connectivity index (χ4n) is 4.86. The monoisotopic (exact) mass is 506 g/mol. The van der Waals surface area contributed by atoms with E-state index in [4.69, 9.17) is 16.6 Å². The summed E-state index contributed by atoms with van der Waals surface area (Å²) in [6.45, 7) is 4.76. The topological polar surface area (TPSA) is 78.6 Å². The maximum absolute atomic E-state index is 13.6. The van der Waals surface area contributed by atoms with Gasteiger partial charge in [0.05, 0.1) is 21.7 Å². The molecule has 6 nitrogen and oxygen atoms in total. The van der Waals surface area contributed by atoms with Gasteiger partial charge >= 0.3 is 0 Å². The molecule has 5 rings (SSSR count).